The second kappa shape index (κ2) is 10.6. The SMILES string of the molecule is CCOc1ccc(-c2nnc(C3CC(NC(=O)c4cccc(S(=O)O)c4)C3)n2-c2ccccc2F)nc1. The van der Waals surface area contributed by atoms with Crippen LogP contribution in [0.3, 0.4) is 0 Å². The van der Waals surface area contributed by atoms with Gasteiger partial charge in [0.2, 0.25) is 0 Å². The largest absolute Gasteiger partial charge is 0.492 e. The van der Waals surface area contributed by atoms with Crippen LogP contribution in [0.25, 0.3) is 17.2 Å². The van der Waals surface area contributed by atoms with Crippen molar-refractivity contribution in [3.63, 3.8) is 0 Å². The molecule has 1 saturated carbocycles. The highest BCUT2D eigenvalue weighted by Gasteiger charge is 2.36. The molecule has 9 nitrogen and oxygen atoms in total. The predicted molar refractivity (Wildman–Crippen MR) is 134 cm³/mol. The fraction of sp³-hybridized carbons (Fsp3) is 0.231. The number of pyridine rings is 1. The summed E-state index contributed by atoms with van der Waals surface area (Å²) in [6, 6.07) is 15.9. The van der Waals surface area contributed by atoms with Gasteiger partial charge in [-0.3, -0.25) is 9.36 Å². The monoisotopic (exact) mass is 521 g/mol. The molecule has 1 aliphatic rings. The Morgan fingerprint density at radius 1 is 1.16 bits per heavy atom. The van der Waals surface area contributed by atoms with E-state index in [2.05, 4.69) is 20.5 Å². The predicted octanol–water partition coefficient (Wildman–Crippen LogP) is 4.12. The summed E-state index contributed by atoms with van der Waals surface area (Å²) in [5.41, 5.74) is 1.15. The van der Waals surface area contributed by atoms with Crippen molar-refractivity contribution < 1.29 is 22.7 Å². The van der Waals surface area contributed by atoms with E-state index in [1.54, 1.807) is 53.2 Å². The molecule has 190 valence electrons. The number of rotatable bonds is 8. The molecule has 0 bridgehead atoms. The lowest BCUT2D eigenvalue weighted by molar-refractivity contribution is 0.0907. The number of hydrogen-bond acceptors (Lipinski definition) is 6. The van der Waals surface area contributed by atoms with Crippen LogP contribution in [0.2, 0.25) is 0 Å². The number of para-hydroxylation sites is 1. The van der Waals surface area contributed by atoms with Crippen LogP contribution in [0, 0.1) is 5.82 Å². The number of ether oxygens (including phenoxy) is 1. The summed E-state index contributed by atoms with van der Waals surface area (Å²) >= 11 is -2.17. The minimum Gasteiger partial charge on any atom is -0.492 e. The van der Waals surface area contributed by atoms with Gasteiger partial charge >= 0.3 is 0 Å². The normalized spacial score (nSPS) is 17.6. The average Bonchev–Trinajstić information content (AvgIpc) is 3.31. The number of aromatic nitrogens is 4. The highest BCUT2D eigenvalue weighted by atomic mass is 32.2. The molecule has 1 aliphatic carbocycles. The zero-order valence-corrected chi connectivity index (χ0v) is 20.7. The van der Waals surface area contributed by atoms with Crippen LogP contribution in [0.15, 0.2) is 71.8 Å². The van der Waals surface area contributed by atoms with Gasteiger partial charge < -0.3 is 14.6 Å². The molecular formula is C26H24FN5O4S. The van der Waals surface area contributed by atoms with E-state index in [9.17, 15) is 17.9 Å². The molecule has 2 aromatic heterocycles. The van der Waals surface area contributed by atoms with Crippen molar-refractivity contribution in [2.75, 3.05) is 6.61 Å². The number of nitrogens with zero attached hydrogens (tertiary/aromatic N) is 4. The molecule has 0 radical (unpaired) electrons. The Kier molecular flexibility index (Phi) is 7.06. The van der Waals surface area contributed by atoms with Crippen LogP contribution in [0.4, 0.5) is 4.39 Å². The molecule has 0 aliphatic heterocycles. The van der Waals surface area contributed by atoms with Crippen LogP contribution in [-0.4, -0.2) is 47.1 Å². The highest BCUT2D eigenvalue weighted by Crippen LogP contribution is 2.39. The third kappa shape index (κ3) is 5.13. The van der Waals surface area contributed by atoms with Gasteiger partial charge in [0.25, 0.3) is 5.91 Å². The van der Waals surface area contributed by atoms with Gasteiger partial charge in [-0.25, -0.2) is 13.6 Å². The van der Waals surface area contributed by atoms with Crippen LogP contribution >= 0.6 is 0 Å². The number of amides is 1. The highest BCUT2D eigenvalue weighted by molar-refractivity contribution is 7.79. The van der Waals surface area contributed by atoms with E-state index in [0.29, 0.717) is 53.8 Å². The van der Waals surface area contributed by atoms with E-state index in [1.807, 2.05) is 6.92 Å². The Labute approximate surface area is 215 Å². The Balaban J connectivity index is 1.38. The van der Waals surface area contributed by atoms with Gasteiger partial charge in [-0.2, -0.15) is 0 Å². The molecule has 1 atom stereocenters. The van der Waals surface area contributed by atoms with E-state index >= 15 is 0 Å². The maximum absolute atomic E-state index is 14.9. The summed E-state index contributed by atoms with van der Waals surface area (Å²) < 4.78 is 42.6. The van der Waals surface area contributed by atoms with Crippen LogP contribution < -0.4 is 10.1 Å². The zero-order valence-electron chi connectivity index (χ0n) is 19.9. The van der Waals surface area contributed by atoms with Gasteiger partial charge in [-0.15, -0.1) is 10.2 Å². The summed E-state index contributed by atoms with van der Waals surface area (Å²) in [5, 5.41) is 11.7. The number of benzene rings is 2. The van der Waals surface area contributed by atoms with E-state index in [-0.39, 0.29) is 22.8 Å². The van der Waals surface area contributed by atoms with Gasteiger partial charge in [0.1, 0.15) is 23.1 Å². The second-order valence-electron chi connectivity index (χ2n) is 8.60. The van der Waals surface area contributed by atoms with E-state index in [4.69, 9.17) is 4.74 Å². The Morgan fingerprint density at radius 3 is 2.68 bits per heavy atom. The summed E-state index contributed by atoms with van der Waals surface area (Å²) in [5.74, 6) is 0.803. The minimum atomic E-state index is -2.17. The topological polar surface area (TPSA) is 119 Å². The van der Waals surface area contributed by atoms with E-state index in [1.165, 1.54) is 18.2 Å². The Hall–Kier alpha value is -3.96. The molecule has 2 heterocycles. The molecule has 0 spiro atoms. The number of carbonyl (C=O) groups excluding carboxylic acids is 1. The Bertz CT molecular complexity index is 1450. The van der Waals surface area contributed by atoms with Gasteiger partial charge in [-0.05, 0) is 62.2 Å². The number of nitrogens with one attached hydrogen (secondary N) is 1. The first-order valence-corrected chi connectivity index (χ1v) is 12.9. The summed E-state index contributed by atoms with van der Waals surface area (Å²) in [4.78, 5) is 17.3. The third-order valence-electron chi connectivity index (χ3n) is 6.19. The molecule has 0 saturated heterocycles. The van der Waals surface area contributed by atoms with E-state index in [0.717, 1.165) is 0 Å². The average molecular weight is 522 g/mol. The van der Waals surface area contributed by atoms with Gasteiger partial charge in [0.15, 0.2) is 16.9 Å². The van der Waals surface area contributed by atoms with Gasteiger partial charge in [0.05, 0.1) is 23.4 Å². The van der Waals surface area contributed by atoms with Crippen LogP contribution in [0.5, 0.6) is 5.75 Å². The minimum absolute atomic E-state index is 0.0647. The van der Waals surface area contributed by atoms with Crippen molar-refractivity contribution >= 4 is 17.0 Å². The number of halogens is 1. The van der Waals surface area contributed by atoms with Crippen LogP contribution in [-0.2, 0) is 11.1 Å². The second-order valence-corrected chi connectivity index (χ2v) is 9.57. The molecule has 2 aromatic carbocycles. The smallest absolute Gasteiger partial charge is 0.251 e. The first-order chi connectivity index (χ1) is 17.9. The number of carbonyl (C=O) groups is 1. The van der Waals surface area contributed by atoms with Gasteiger partial charge in [0, 0.05) is 17.5 Å². The fourth-order valence-corrected chi connectivity index (χ4v) is 4.75. The molecule has 4 aromatic rings. The van der Waals surface area contributed by atoms with Crippen molar-refractivity contribution in [2.24, 2.45) is 0 Å². The maximum atomic E-state index is 14.9. The molecule has 1 amide bonds. The Morgan fingerprint density at radius 2 is 1.97 bits per heavy atom. The maximum Gasteiger partial charge on any atom is 0.251 e. The molecule has 1 unspecified atom stereocenters. The zero-order chi connectivity index (χ0) is 25.9. The molecule has 11 heteroatoms. The first-order valence-electron chi connectivity index (χ1n) is 11.8. The lowest BCUT2D eigenvalue weighted by Crippen LogP contribution is -2.44. The fourth-order valence-electron chi connectivity index (χ4n) is 4.32. The summed E-state index contributed by atoms with van der Waals surface area (Å²) in [7, 11) is 0. The summed E-state index contributed by atoms with van der Waals surface area (Å²) in [6.45, 7) is 2.40. The van der Waals surface area contributed by atoms with E-state index < -0.39 is 16.9 Å². The van der Waals surface area contributed by atoms with Gasteiger partial charge in [-0.1, -0.05) is 18.2 Å². The molecule has 1 fully saturated rings. The van der Waals surface area contributed by atoms with Crippen molar-refractivity contribution in [1.82, 2.24) is 25.1 Å². The molecular weight excluding hydrogens is 497 g/mol. The molecule has 5 rings (SSSR count). The standard InChI is InChI=1S/C26H24FN5O4S/c1-2-36-19-10-11-22(28-15-19)25-31-30-24(32(25)23-9-4-3-8-21(23)27)17-12-18(13-17)29-26(33)16-6-5-7-20(14-16)37(34)35/h3-11,14-15,17-18H,2,12-13H2,1H3,(H,29,33)(H,34,35). The van der Waals surface area contributed by atoms with Crippen molar-refractivity contribution in [3.05, 3.63) is 84.1 Å². The van der Waals surface area contributed by atoms with Crippen LogP contribution in [0.1, 0.15) is 41.9 Å². The summed E-state index contributed by atoms with van der Waals surface area (Å²) in [6.07, 6.45) is 2.76. The molecule has 2 N–H and O–H groups in total. The van der Waals surface area contributed by atoms with Crippen molar-refractivity contribution in [2.45, 2.75) is 36.6 Å². The lowest BCUT2D eigenvalue weighted by atomic mass is 9.79. The molecule has 37 heavy (non-hydrogen) atoms. The third-order valence-corrected chi connectivity index (χ3v) is 6.85. The number of hydrogen-bond donors (Lipinski definition) is 2. The quantitative estimate of drug-likeness (QED) is 0.335. The first kappa shape index (κ1) is 24.7. The lowest BCUT2D eigenvalue weighted by Gasteiger charge is -2.35. The van der Waals surface area contributed by atoms with Crippen molar-refractivity contribution in [1.29, 1.82) is 0 Å². The van der Waals surface area contributed by atoms with Crippen molar-refractivity contribution in [3.8, 4) is 23.0 Å².